The quantitative estimate of drug-likeness (QED) is 0.250. The van der Waals surface area contributed by atoms with E-state index in [9.17, 15) is 9.59 Å². The highest BCUT2D eigenvalue weighted by Gasteiger charge is 2.35. The average molecular weight is 560 g/mol. The van der Waals surface area contributed by atoms with Gasteiger partial charge in [0.25, 0.3) is 0 Å². The van der Waals surface area contributed by atoms with Gasteiger partial charge in [0.2, 0.25) is 17.6 Å². The van der Waals surface area contributed by atoms with E-state index in [-0.39, 0.29) is 30.8 Å². The molecule has 1 saturated carbocycles. The summed E-state index contributed by atoms with van der Waals surface area (Å²) in [6, 6.07) is 14.0. The second-order valence-electron chi connectivity index (χ2n) is 10.3. The first kappa shape index (κ1) is 28.1. The topological polar surface area (TPSA) is 106 Å². The lowest BCUT2D eigenvalue weighted by atomic mass is 9.94. The SMILES string of the molecule is COc1cc([C@@H](C(=O)NC2CCCCC2)N(Cc2ccco2)C(=O)Cc2c[nH]c3ccccc23)cc(OC)c1OC. The van der Waals surface area contributed by atoms with E-state index in [0.29, 0.717) is 28.6 Å². The van der Waals surface area contributed by atoms with E-state index in [1.807, 2.05) is 30.5 Å². The number of carbonyl (C=O) groups excluding carboxylic acids is 2. The normalized spacial score (nSPS) is 14.4. The molecule has 1 fully saturated rings. The van der Waals surface area contributed by atoms with Gasteiger partial charge in [-0.15, -0.1) is 0 Å². The van der Waals surface area contributed by atoms with Crippen LogP contribution in [0.3, 0.4) is 0 Å². The van der Waals surface area contributed by atoms with Gasteiger partial charge in [-0.1, -0.05) is 37.5 Å². The van der Waals surface area contributed by atoms with Gasteiger partial charge in [0.05, 0.1) is 40.6 Å². The van der Waals surface area contributed by atoms with Crippen LogP contribution in [-0.4, -0.2) is 49.1 Å². The number of H-pyrrole nitrogens is 1. The summed E-state index contributed by atoms with van der Waals surface area (Å²) in [4.78, 5) is 33.3. The number of hydrogen-bond donors (Lipinski definition) is 2. The maximum Gasteiger partial charge on any atom is 0.247 e. The molecule has 0 saturated heterocycles. The van der Waals surface area contributed by atoms with Crippen LogP contribution in [0.25, 0.3) is 10.9 Å². The minimum Gasteiger partial charge on any atom is -0.493 e. The number of rotatable bonds is 11. The number of ether oxygens (including phenoxy) is 3. The number of para-hydroxylation sites is 1. The van der Waals surface area contributed by atoms with Gasteiger partial charge < -0.3 is 33.8 Å². The summed E-state index contributed by atoms with van der Waals surface area (Å²) in [5, 5.41) is 4.21. The third-order valence-electron chi connectivity index (χ3n) is 7.76. The van der Waals surface area contributed by atoms with E-state index in [1.54, 1.807) is 35.4 Å². The summed E-state index contributed by atoms with van der Waals surface area (Å²) in [5.74, 6) is 1.31. The lowest BCUT2D eigenvalue weighted by Gasteiger charge is -2.33. The van der Waals surface area contributed by atoms with Gasteiger partial charge in [0.1, 0.15) is 11.8 Å². The van der Waals surface area contributed by atoms with E-state index >= 15 is 0 Å². The lowest BCUT2D eigenvalue weighted by molar-refractivity contribution is -0.141. The number of aromatic amines is 1. The van der Waals surface area contributed by atoms with Crippen LogP contribution in [-0.2, 0) is 22.6 Å². The largest absolute Gasteiger partial charge is 0.493 e. The number of carbonyl (C=O) groups is 2. The molecule has 216 valence electrons. The Bertz CT molecular complexity index is 1450. The summed E-state index contributed by atoms with van der Waals surface area (Å²) >= 11 is 0. The molecule has 2 heterocycles. The summed E-state index contributed by atoms with van der Waals surface area (Å²) in [6.07, 6.45) is 8.63. The fourth-order valence-electron chi connectivity index (χ4n) is 5.70. The molecule has 1 aliphatic carbocycles. The number of aromatic nitrogens is 1. The van der Waals surface area contributed by atoms with E-state index in [4.69, 9.17) is 18.6 Å². The molecule has 9 heteroatoms. The standard InChI is InChI=1S/C32H37N3O6/c1-38-27-16-21(17-28(39-2)31(27)40-3)30(32(37)34-23-10-5-4-6-11-23)35(20-24-12-9-15-41-24)29(36)18-22-19-33-26-14-8-7-13-25(22)26/h7-9,12-17,19,23,30,33H,4-6,10-11,18,20H2,1-3H3,(H,34,37)/t30-/m0/s1. The molecule has 4 aromatic rings. The van der Waals surface area contributed by atoms with E-state index in [1.165, 1.54) is 21.3 Å². The first-order chi connectivity index (χ1) is 20.0. The average Bonchev–Trinajstić information content (AvgIpc) is 3.67. The molecular formula is C32H37N3O6. The Hall–Kier alpha value is -4.40. The van der Waals surface area contributed by atoms with E-state index in [2.05, 4.69) is 10.3 Å². The molecule has 41 heavy (non-hydrogen) atoms. The molecule has 9 nitrogen and oxygen atoms in total. The molecule has 2 N–H and O–H groups in total. The van der Waals surface area contributed by atoms with Crippen molar-refractivity contribution in [2.75, 3.05) is 21.3 Å². The first-order valence-corrected chi connectivity index (χ1v) is 14.0. The van der Waals surface area contributed by atoms with Gasteiger partial charge >= 0.3 is 0 Å². The first-order valence-electron chi connectivity index (χ1n) is 14.0. The maximum atomic E-state index is 14.2. The predicted octanol–water partition coefficient (Wildman–Crippen LogP) is 5.55. The fraction of sp³-hybridized carbons (Fsp3) is 0.375. The van der Waals surface area contributed by atoms with Gasteiger partial charge in [-0.3, -0.25) is 9.59 Å². The molecule has 2 amide bonds. The number of nitrogens with zero attached hydrogens (tertiary/aromatic N) is 1. The third-order valence-corrected chi connectivity index (χ3v) is 7.76. The number of furan rings is 1. The summed E-state index contributed by atoms with van der Waals surface area (Å²) in [5.41, 5.74) is 2.35. The molecule has 0 spiro atoms. The Kier molecular flexibility index (Phi) is 8.82. The van der Waals surface area contributed by atoms with Gasteiger partial charge in [-0.25, -0.2) is 0 Å². The summed E-state index contributed by atoms with van der Waals surface area (Å²) in [7, 11) is 4.59. The number of fused-ring (bicyclic) bond motifs is 1. The number of nitrogens with one attached hydrogen (secondary N) is 2. The zero-order valence-electron chi connectivity index (χ0n) is 23.8. The molecule has 0 aliphatic heterocycles. The Morgan fingerprint density at radius 2 is 1.73 bits per heavy atom. The van der Waals surface area contributed by atoms with E-state index < -0.39 is 6.04 Å². The van der Waals surface area contributed by atoms with Crippen molar-refractivity contribution in [2.24, 2.45) is 0 Å². The van der Waals surface area contributed by atoms with Gasteiger partial charge in [-0.05, 0) is 54.3 Å². The molecule has 0 unspecified atom stereocenters. The van der Waals surface area contributed by atoms with E-state index in [0.717, 1.165) is 48.6 Å². The smallest absolute Gasteiger partial charge is 0.247 e. The minimum absolute atomic E-state index is 0.0509. The van der Waals surface area contributed by atoms with Gasteiger partial charge in [0.15, 0.2) is 11.5 Å². The van der Waals surface area contributed by atoms with Crippen LogP contribution >= 0.6 is 0 Å². The van der Waals surface area contributed by atoms with Crippen molar-refractivity contribution >= 4 is 22.7 Å². The van der Waals surface area contributed by atoms with Crippen LogP contribution in [0.2, 0.25) is 0 Å². The Labute approximate surface area is 239 Å². The summed E-state index contributed by atoms with van der Waals surface area (Å²) in [6.45, 7) is 0.105. The van der Waals surface area contributed by atoms with Crippen LogP contribution in [0.5, 0.6) is 17.2 Å². The highest BCUT2D eigenvalue weighted by atomic mass is 16.5. The van der Waals surface area contributed by atoms with Crippen molar-refractivity contribution in [2.45, 2.75) is 57.2 Å². The van der Waals surface area contributed by atoms with Crippen LogP contribution in [0, 0.1) is 0 Å². The molecule has 1 atom stereocenters. The zero-order chi connectivity index (χ0) is 28.8. The number of methoxy groups -OCH3 is 3. The number of benzene rings is 2. The van der Waals surface area contributed by atoms with Crippen LogP contribution in [0.4, 0.5) is 0 Å². The maximum absolute atomic E-state index is 14.2. The van der Waals surface area contributed by atoms with Crippen LogP contribution < -0.4 is 19.5 Å². The van der Waals surface area contributed by atoms with Gasteiger partial charge in [-0.2, -0.15) is 0 Å². The fourth-order valence-corrected chi connectivity index (χ4v) is 5.70. The highest BCUT2D eigenvalue weighted by molar-refractivity contribution is 5.92. The van der Waals surface area contributed by atoms with Crippen molar-refractivity contribution in [3.05, 3.63) is 77.9 Å². The second-order valence-corrected chi connectivity index (χ2v) is 10.3. The van der Waals surface area contributed by atoms with Crippen LogP contribution in [0.15, 0.2) is 65.4 Å². The molecule has 0 radical (unpaired) electrons. The predicted molar refractivity (Wildman–Crippen MR) is 155 cm³/mol. The molecule has 5 rings (SSSR count). The monoisotopic (exact) mass is 559 g/mol. The third kappa shape index (κ3) is 6.19. The minimum atomic E-state index is -0.978. The summed E-state index contributed by atoms with van der Waals surface area (Å²) < 4.78 is 22.4. The highest BCUT2D eigenvalue weighted by Crippen LogP contribution is 2.41. The number of hydrogen-bond acceptors (Lipinski definition) is 6. The molecular weight excluding hydrogens is 522 g/mol. The zero-order valence-corrected chi connectivity index (χ0v) is 23.8. The van der Waals surface area contributed by atoms with Crippen molar-refractivity contribution in [3.63, 3.8) is 0 Å². The Morgan fingerprint density at radius 1 is 1.00 bits per heavy atom. The van der Waals surface area contributed by atoms with Crippen molar-refractivity contribution in [1.82, 2.24) is 15.2 Å². The van der Waals surface area contributed by atoms with Crippen molar-refractivity contribution in [1.29, 1.82) is 0 Å². The Morgan fingerprint density at radius 3 is 2.39 bits per heavy atom. The lowest BCUT2D eigenvalue weighted by Crippen LogP contribution is -2.47. The molecule has 0 bridgehead atoms. The number of amides is 2. The van der Waals surface area contributed by atoms with Gasteiger partial charge in [0, 0.05) is 23.1 Å². The second kappa shape index (κ2) is 12.8. The molecule has 1 aliphatic rings. The van der Waals surface area contributed by atoms with Crippen molar-refractivity contribution < 1.29 is 28.2 Å². The molecule has 2 aromatic carbocycles. The molecule has 2 aromatic heterocycles. The Balaban J connectivity index is 1.58. The van der Waals surface area contributed by atoms with Crippen molar-refractivity contribution in [3.8, 4) is 17.2 Å². The van der Waals surface area contributed by atoms with Crippen LogP contribution in [0.1, 0.15) is 55.0 Å².